The number of likely N-dealkylation sites (N-methyl/N-ethyl adjacent to an activating group) is 1. The lowest BCUT2D eigenvalue weighted by Gasteiger charge is -2.25. The van der Waals surface area contributed by atoms with Crippen LogP contribution in [0, 0.1) is 5.92 Å². The molecule has 0 saturated heterocycles. The van der Waals surface area contributed by atoms with Gasteiger partial charge in [-0.25, -0.2) is 0 Å². The number of hydrogen-bond acceptors (Lipinski definition) is 2. The van der Waals surface area contributed by atoms with Gasteiger partial charge in [0.15, 0.2) is 0 Å². The van der Waals surface area contributed by atoms with Gasteiger partial charge in [-0.3, -0.25) is 0 Å². The van der Waals surface area contributed by atoms with Crippen molar-refractivity contribution < 1.29 is 0 Å². The van der Waals surface area contributed by atoms with Gasteiger partial charge in [0, 0.05) is 19.1 Å². The fourth-order valence-electron chi connectivity index (χ4n) is 1.88. The van der Waals surface area contributed by atoms with Gasteiger partial charge in [-0.05, 0) is 25.6 Å². The van der Waals surface area contributed by atoms with E-state index in [1.807, 2.05) is 6.07 Å². The highest BCUT2D eigenvalue weighted by atomic mass is 15.1. The Bertz CT molecular complexity index is 341. The highest BCUT2D eigenvalue weighted by molar-refractivity contribution is 5.48. The van der Waals surface area contributed by atoms with Gasteiger partial charge >= 0.3 is 0 Å². The van der Waals surface area contributed by atoms with Crippen LogP contribution in [0.1, 0.15) is 19.4 Å². The molecule has 0 radical (unpaired) electrons. The molecule has 0 spiro atoms. The molecule has 0 aliphatic carbocycles. The van der Waals surface area contributed by atoms with Crippen molar-refractivity contribution >= 4 is 6.08 Å². The maximum absolute atomic E-state index is 3.59. The molecule has 0 fully saturated rings. The molecule has 0 aliphatic rings. The molecular weight excluding hydrogens is 220 g/mol. The van der Waals surface area contributed by atoms with Crippen molar-refractivity contribution in [1.82, 2.24) is 10.2 Å². The third-order valence-corrected chi connectivity index (χ3v) is 2.97. The van der Waals surface area contributed by atoms with E-state index in [9.17, 15) is 0 Å². The highest BCUT2D eigenvalue weighted by Gasteiger charge is 2.12. The van der Waals surface area contributed by atoms with E-state index in [1.165, 1.54) is 5.56 Å². The summed E-state index contributed by atoms with van der Waals surface area (Å²) >= 11 is 0. The molecule has 1 atom stereocenters. The van der Waals surface area contributed by atoms with E-state index in [1.54, 1.807) is 0 Å². The Morgan fingerprint density at radius 3 is 2.39 bits per heavy atom. The minimum Gasteiger partial charge on any atom is -0.309 e. The summed E-state index contributed by atoms with van der Waals surface area (Å²) in [5.74, 6) is 0.650. The van der Waals surface area contributed by atoms with E-state index in [4.69, 9.17) is 0 Å². The second-order valence-corrected chi connectivity index (χ2v) is 5.33. The molecule has 0 bridgehead atoms. The van der Waals surface area contributed by atoms with Gasteiger partial charge in [-0.2, -0.15) is 0 Å². The van der Waals surface area contributed by atoms with Gasteiger partial charge in [-0.15, -0.1) is 0 Å². The van der Waals surface area contributed by atoms with Gasteiger partial charge in [0.05, 0.1) is 0 Å². The molecule has 0 aromatic heterocycles. The fourth-order valence-corrected chi connectivity index (χ4v) is 1.88. The Balaban J connectivity index is 2.37. The summed E-state index contributed by atoms with van der Waals surface area (Å²) in [6, 6.07) is 11.0. The predicted molar refractivity (Wildman–Crippen MR) is 80.7 cm³/mol. The zero-order valence-electron chi connectivity index (χ0n) is 12.1. The molecule has 2 nitrogen and oxygen atoms in total. The summed E-state index contributed by atoms with van der Waals surface area (Å²) in [5.41, 5.74) is 1.26. The Hall–Kier alpha value is -1.12. The molecule has 1 rings (SSSR count). The molecule has 0 amide bonds. The maximum atomic E-state index is 3.59. The smallest absolute Gasteiger partial charge is 0.0220 e. The zero-order chi connectivity index (χ0) is 13.4. The van der Waals surface area contributed by atoms with E-state index in [0.717, 1.165) is 13.1 Å². The number of nitrogens with zero attached hydrogens (tertiary/aromatic N) is 1. The Kier molecular flexibility index (Phi) is 6.69. The molecule has 1 aromatic carbocycles. The zero-order valence-corrected chi connectivity index (χ0v) is 12.1. The number of rotatable bonds is 7. The summed E-state index contributed by atoms with van der Waals surface area (Å²) in [4.78, 5) is 2.23. The minimum absolute atomic E-state index is 0.542. The monoisotopic (exact) mass is 246 g/mol. The Morgan fingerprint density at radius 1 is 1.17 bits per heavy atom. The standard InChI is InChI=1S/C16H26N2/c1-14(2)16(13-18(3)4)17-12-8-11-15-9-6-5-7-10-15/h5-11,14,16-17H,12-13H2,1-4H3. The summed E-state index contributed by atoms with van der Waals surface area (Å²) in [5, 5.41) is 3.59. The van der Waals surface area contributed by atoms with Gasteiger partial charge in [0.2, 0.25) is 0 Å². The normalized spacial score (nSPS) is 13.7. The van der Waals surface area contributed by atoms with Crippen molar-refractivity contribution in [1.29, 1.82) is 0 Å². The lowest BCUT2D eigenvalue weighted by atomic mass is 10.0. The largest absolute Gasteiger partial charge is 0.309 e. The van der Waals surface area contributed by atoms with Crippen molar-refractivity contribution in [2.24, 2.45) is 5.92 Å². The van der Waals surface area contributed by atoms with Crippen LogP contribution in [0.2, 0.25) is 0 Å². The lowest BCUT2D eigenvalue weighted by molar-refractivity contribution is 0.295. The van der Waals surface area contributed by atoms with Crippen LogP contribution < -0.4 is 5.32 Å². The lowest BCUT2D eigenvalue weighted by Crippen LogP contribution is -2.42. The van der Waals surface area contributed by atoms with Crippen molar-refractivity contribution in [3.8, 4) is 0 Å². The van der Waals surface area contributed by atoms with Crippen LogP contribution in [0.3, 0.4) is 0 Å². The molecule has 0 aliphatic heterocycles. The van der Waals surface area contributed by atoms with Crippen LogP contribution in [0.4, 0.5) is 0 Å². The van der Waals surface area contributed by atoms with Crippen LogP contribution in [0.5, 0.6) is 0 Å². The minimum atomic E-state index is 0.542. The van der Waals surface area contributed by atoms with Gasteiger partial charge in [0.25, 0.3) is 0 Å². The number of hydrogen-bond donors (Lipinski definition) is 1. The molecule has 18 heavy (non-hydrogen) atoms. The van der Waals surface area contributed by atoms with E-state index in [0.29, 0.717) is 12.0 Å². The summed E-state index contributed by atoms with van der Waals surface area (Å²) in [7, 11) is 4.24. The first-order valence-corrected chi connectivity index (χ1v) is 6.69. The maximum Gasteiger partial charge on any atom is 0.0220 e. The Morgan fingerprint density at radius 2 is 1.83 bits per heavy atom. The summed E-state index contributed by atoms with van der Waals surface area (Å²) < 4.78 is 0. The van der Waals surface area contributed by atoms with Crippen LogP contribution in [-0.4, -0.2) is 38.1 Å². The van der Waals surface area contributed by atoms with E-state index < -0.39 is 0 Å². The van der Waals surface area contributed by atoms with Crippen LogP contribution in [-0.2, 0) is 0 Å². The molecule has 0 heterocycles. The molecule has 1 unspecified atom stereocenters. The van der Waals surface area contributed by atoms with Crippen LogP contribution >= 0.6 is 0 Å². The average molecular weight is 246 g/mol. The van der Waals surface area contributed by atoms with Gasteiger partial charge < -0.3 is 10.2 Å². The first kappa shape index (κ1) is 14.9. The second kappa shape index (κ2) is 8.06. The van der Waals surface area contributed by atoms with E-state index in [-0.39, 0.29) is 0 Å². The van der Waals surface area contributed by atoms with Gasteiger partial charge in [0.1, 0.15) is 0 Å². The number of benzene rings is 1. The van der Waals surface area contributed by atoms with Crippen LogP contribution in [0.15, 0.2) is 36.4 Å². The SMILES string of the molecule is CC(C)C(CN(C)C)NCC=Cc1ccccc1. The quantitative estimate of drug-likeness (QED) is 0.796. The molecule has 1 N–H and O–H groups in total. The highest BCUT2D eigenvalue weighted by Crippen LogP contribution is 2.03. The van der Waals surface area contributed by atoms with E-state index in [2.05, 4.69) is 74.6 Å². The first-order chi connectivity index (χ1) is 8.59. The molecule has 100 valence electrons. The van der Waals surface area contributed by atoms with Crippen LogP contribution in [0.25, 0.3) is 6.08 Å². The van der Waals surface area contributed by atoms with Crippen molar-refractivity contribution in [3.05, 3.63) is 42.0 Å². The third kappa shape index (κ3) is 5.99. The summed E-state index contributed by atoms with van der Waals surface area (Å²) in [6.07, 6.45) is 4.36. The molecule has 2 heteroatoms. The molecule has 0 saturated carbocycles. The Labute approximate surface area is 112 Å². The molecular formula is C16H26N2. The first-order valence-electron chi connectivity index (χ1n) is 6.69. The fraction of sp³-hybridized carbons (Fsp3) is 0.500. The average Bonchev–Trinajstić information content (AvgIpc) is 2.33. The topological polar surface area (TPSA) is 15.3 Å². The van der Waals surface area contributed by atoms with Gasteiger partial charge in [-0.1, -0.05) is 56.3 Å². The predicted octanol–water partition coefficient (Wildman–Crippen LogP) is 2.88. The second-order valence-electron chi connectivity index (χ2n) is 5.33. The van der Waals surface area contributed by atoms with Crippen molar-refractivity contribution in [3.63, 3.8) is 0 Å². The number of nitrogens with one attached hydrogen (secondary N) is 1. The van der Waals surface area contributed by atoms with Crippen molar-refractivity contribution in [2.45, 2.75) is 19.9 Å². The third-order valence-electron chi connectivity index (χ3n) is 2.97. The van der Waals surface area contributed by atoms with E-state index >= 15 is 0 Å². The summed E-state index contributed by atoms with van der Waals surface area (Å²) in [6.45, 7) is 6.53. The van der Waals surface area contributed by atoms with Crippen molar-refractivity contribution in [2.75, 3.05) is 27.2 Å². The molecule has 1 aromatic rings.